The van der Waals surface area contributed by atoms with Gasteiger partial charge in [-0.15, -0.1) is 0 Å². The Morgan fingerprint density at radius 1 is 1.42 bits per heavy atom. The molecular formula is C12H17BrN2O2S2. The fourth-order valence-corrected chi connectivity index (χ4v) is 4.93. The zero-order chi connectivity index (χ0) is 14.4. The van der Waals surface area contributed by atoms with Crippen LogP contribution < -0.4 is 0 Å². The quantitative estimate of drug-likeness (QED) is 0.777. The maximum absolute atomic E-state index is 11.6. The summed E-state index contributed by atoms with van der Waals surface area (Å²) in [6.45, 7) is 6.23. The number of aromatic nitrogens is 2. The molecule has 1 aromatic rings. The highest BCUT2D eigenvalue weighted by Gasteiger charge is 2.31. The summed E-state index contributed by atoms with van der Waals surface area (Å²) in [5.41, 5.74) is 0.855. The van der Waals surface area contributed by atoms with Gasteiger partial charge in [0.25, 0.3) is 0 Å². The van der Waals surface area contributed by atoms with E-state index in [9.17, 15) is 8.42 Å². The third-order valence-corrected chi connectivity index (χ3v) is 6.35. The SMILES string of the molecule is CC(C)(C)c1[nH]c(C2CCS(=O)(=O)C2)nc(=S)c1Br. The van der Waals surface area contributed by atoms with Crippen LogP contribution in [0.4, 0.5) is 0 Å². The van der Waals surface area contributed by atoms with E-state index >= 15 is 0 Å². The lowest BCUT2D eigenvalue weighted by Crippen LogP contribution is -2.18. The van der Waals surface area contributed by atoms with Crippen molar-refractivity contribution in [2.45, 2.75) is 38.5 Å². The van der Waals surface area contributed by atoms with E-state index in [1.165, 1.54) is 0 Å². The van der Waals surface area contributed by atoms with Crippen LogP contribution in [0.1, 0.15) is 44.6 Å². The number of hydrogen-bond donors (Lipinski definition) is 1. The topological polar surface area (TPSA) is 62.8 Å². The van der Waals surface area contributed by atoms with Gasteiger partial charge in [-0.05, 0) is 22.4 Å². The molecule has 7 heteroatoms. The van der Waals surface area contributed by atoms with Crippen LogP contribution >= 0.6 is 28.1 Å². The van der Waals surface area contributed by atoms with Crippen molar-refractivity contribution in [2.24, 2.45) is 0 Å². The molecule has 0 spiro atoms. The van der Waals surface area contributed by atoms with E-state index < -0.39 is 9.84 Å². The van der Waals surface area contributed by atoms with Gasteiger partial charge in [-0.2, -0.15) is 0 Å². The molecular weight excluding hydrogens is 348 g/mol. The summed E-state index contributed by atoms with van der Waals surface area (Å²) >= 11 is 8.73. The normalized spacial score (nSPS) is 22.6. The van der Waals surface area contributed by atoms with Gasteiger partial charge in [-0.1, -0.05) is 33.0 Å². The van der Waals surface area contributed by atoms with Gasteiger partial charge in [0.1, 0.15) is 10.5 Å². The highest BCUT2D eigenvalue weighted by molar-refractivity contribution is 9.10. The molecule has 1 N–H and O–H groups in total. The summed E-state index contributed by atoms with van der Waals surface area (Å²) in [5.74, 6) is 1.03. The summed E-state index contributed by atoms with van der Waals surface area (Å²) < 4.78 is 24.4. The highest BCUT2D eigenvalue weighted by Crippen LogP contribution is 2.32. The number of aromatic amines is 1. The number of H-pyrrole nitrogens is 1. The first-order chi connectivity index (χ1) is 8.60. The van der Waals surface area contributed by atoms with Crippen LogP contribution in [0.3, 0.4) is 0 Å². The van der Waals surface area contributed by atoms with E-state index in [-0.39, 0.29) is 22.8 Å². The maximum Gasteiger partial charge on any atom is 0.151 e. The molecule has 0 radical (unpaired) electrons. The smallest absolute Gasteiger partial charge is 0.151 e. The molecule has 1 aliphatic heterocycles. The molecule has 0 amide bonds. The van der Waals surface area contributed by atoms with Gasteiger partial charge in [-0.3, -0.25) is 0 Å². The summed E-state index contributed by atoms with van der Waals surface area (Å²) in [7, 11) is -2.92. The van der Waals surface area contributed by atoms with E-state index in [0.717, 1.165) is 10.2 Å². The molecule has 0 bridgehead atoms. The molecule has 0 aromatic carbocycles. The molecule has 1 aliphatic rings. The van der Waals surface area contributed by atoms with E-state index in [1.54, 1.807) is 0 Å². The number of nitrogens with zero attached hydrogens (tertiary/aromatic N) is 1. The first-order valence-corrected chi connectivity index (χ1v) is 9.13. The second kappa shape index (κ2) is 4.93. The molecule has 2 rings (SSSR count). The lowest BCUT2D eigenvalue weighted by atomic mass is 9.92. The number of rotatable bonds is 1. The molecule has 1 saturated heterocycles. The molecule has 1 unspecified atom stereocenters. The zero-order valence-electron chi connectivity index (χ0n) is 11.2. The lowest BCUT2D eigenvalue weighted by Gasteiger charge is -2.22. The van der Waals surface area contributed by atoms with Crippen LogP contribution in [-0.4, -0.2) is 29.9 Å². The van der Waals surface area contributed by atoms with Crippen molar-refractivity contribution < 1.29 is 8.42 Å². The Morgan fingerprint density at radius 2 is 2.05 bits per heavy atom. The Bertz CT molecular complexity index is 659. The summed E-state index contributed by atoms with van der Waals surface area (Å²) in [5, 5.41) is 0. The fraction of sp³-hybridized carbons (Fsp3) is 0.667. The van der Waals surface area contributed by atoms with Gasteiger partial charge in [0.15, 0.2) is 9.84 Å². The molecule has 4 nitrogen and oxygen atoms in total. The minimum atomic E-state index is -2.92. The predicted molar refractivity (Wildman–Crippen MR) is 81.8 cm³/mol. The molecule has 19 heavy (non-hydrogen) atoms. The zero-order valence-corrected chi connectivity index (χ0v) is 14.4. The van der Waals surface area contributed by atoms with Gasteiger partial charge in [0.2, 0.25) is 0 Å². The number of halogens is 1. The first-order valence-electron chi connectivity index (χ1n) is 6.11. The van der Waals surface area contributed by atoms with Crippen LogP contribution in [0, 0.1) is 4.64 Å². The minimum absolute atomic E-state index is 0.0686. The molecule has 106 valence electrons. The number of sulfone groups is 1. The maximum atomic E-state index is 11.6. The van der Waals surface area contributed by atoms with Crippen molar-refractivity contribution in [3.63, 3.8) is 0 Å². The van der Waals surface area contributed by atoms with Gasteiger partial charge in [-0.25, -0.2) is 13.4 Å². The minimum Gasteiger partial charge on any atom is -0.345 e. The van der Waals surface area contributed by atoms with Crippen LogP contribution in [0.2, 0.25) is 0 Å². The number of nitrogens with one attached hydrogen (secondary N) is 1. The first kappa shape index (κ1) is 15.1. The van der Waals surface area contributed by atoms with Crippen LogP contribution in [0.15, 0.2) is 4.47 Å². The van der Waals surface area contributed by atoms with Gasteiger partial charge in [0, 0.05) is 17.0 Å². The third kappa shape index (κ3) is 3.25. The standard InChI is InChI=1S/C12H17BrN2O2S2/c1-12(2,3)9-8(13)11(18)15-10(14-9)7-4-5-19(16,17)6-7/h7H,4-6H2,1-3H3,(H,14,15,18). The third-order valence-electron chi connectivity index (χ3n) is 3.25. The van der Waals surface area contributed by atoms with Crippen molar-refractivity contribution in [2.75, 3.05) is 11.5 Å². The Balaban J connectivity index is 2.50. The van der Waals surface area contributed by atoms with Crippen LogP contribution in [-0.2, 0) is 15.3 Å². The monoisotopic (exact) mass is 364 g/mol. The second-order valence-electron chi connectivity index (χ2n) is 5.97. The van der Waals surface area contributed by atoms with Crippen molar-refractivity contribution in [1.29, 1.82) is 0 Å². The van der Waals surface area contributed by atoms with Crippen molar-refractivity contribution in [1.82, 2.24) is 9.97 Å². The van der Waals surface area contributed by atoms with E-state index in [4.69, 9.17) is 12.2 Å². The van der Waals surface area contributed by atoms with Crippen LogP contribution in [0.5, 0.6) is 0 Å². The molecule has 0 saturated carbocycles. The lowest BCUT2D eigenvalue weighted by molar-refractivity contribution is 0.551. The Morgan fingerprint density at radius 3 is 2.53 bits per heavy atom. The van der Waals surface area contributed by atoms with Crippen LogP contribution in [0.25, 0.3) is 0 Å². The van der Waals surface area contributed by atoms with Gasteiger partial charge < -0.3 is 4.98 Å². The summed E-state index contributed by atoms with van der Waals surface area (Å²) in [6, 6.07) is 0. The summed E-state index contributed by atoms with van der Waals surface area (Å²) in [4.78, 5) is 7.63. The Kier molecular flexibility index (Phi) is 3.92. The van der Waals surface area contributed by atoms with Crippen molar-refractivity contribution in [3.8, 4) is 0 Å². The predicted octanol–water partition coefficient (Wildman–Crippen LogP) is 3.10. The average molecular weight is 365 g/mol. The molecule has 1 atom stereocenters. The van der Waals surface area contributed by atoms with Crippen molar-refractivity contribution >= 4 is 38.0 Å². The number of hydrogen-bond acceptors (Lipinski definition) is 4. The largest absolute Gasteiger partial charge is 0.345 e. The average Bonchev–Trinajstić information content (AvgIpc) is 2.61. The highest BCUT2D eigenvalue weighted by atomic mass is 79.9. The Labute approximate surface area is 127 Å². The fourth-order valence-electron chi connectivity index (χ4n) is 2.20. The molecule has 2 heterocycles. The second-order valence-corrected chi connectivity index (χ2v) is 9.37. The molecule has 1 aromatic heterocycles. The van der Waals surface area contributed by atoms with E-state index in [1.807, 2.05) is 0 Å². The van der Waals surface area contributed by atoms with Crippen molar-refractivity contribution in [3.05, 3.63) is 20.6 Å². The van der Waals surface area contributed by atoms with E-state index in [2.05, 4.69) is 46.7 Å². The molecule has 0 aliphatic carbocycles. The van der Waals surface area contributed by atoms with Gasteiger partial charge in [0.05, 0.1) is 16.0 Å². The molecule has 1 fully saturated rings. The van der Waals surface area contributed by atoms with E-state index in [0.29, 0.717) is 16.9 Å². The van der Waals surface area contributed by atoms with Gasteiger partial charge >= 0.3 is 0 Å². The Hall–Kier alpha value is -0.270. The summed E-state index contributed by atoms with van der Waals surface area (Å²) in [6.07, 6.45) is 0.617.